The molecule has 0 spiro atoms. The molecule has 0 aliphatic heterocycles. The smallest absolute Gasteiger partial charge is 0.140 e. The fourth-order valence-corrected chi connectivity index (χ4v) is 1.76. The summed E-state index contributed by atoms with van der Waals surface area (Å²) in [7, 11) is 0. The first-order valence-corrected chi connectivity index (χ1v) is 4.66. The highest BCUT2D eigenvalue weighted by atomic mass is 16.1. The molecule has 1 aliphatic carbocycles. The molecule has 0 aromatic rings. The number of hydrogen-bond donors (Lipinski definition) is 0. The van der Waals surface area contributed by atoms with Crippen LogP contribution in [0.5, 0.6) is 0 Å². The van der Waals surface area contributed by atoms with Crippen molar-refractivity contribution in [3.63, 3.8) is 0 Å². The number of ketones is 2. The SMILES string of the molecule is CC[C@@H](C)C1CC(=O)CC(=O)C1. The zero-order valence-electron chi connectivity index (χ0n) is 7.80. The lowest BCUT2D eigenvalue weighted by molar-refractivity contribution is -0.132. The van der Waals surface area contributed by atoms with Gasteiger partial charge >= 0.3 is 0 Å². The summed E-state index contributed by atoms with van der Waals surface area (Å²) in [6.45, 7) is 4.23. The quantitative estimate of drug-likeness (QED) is 0.591. The molecule has 0 saturated heterocycles. The second-order valence-corrected chi connectivity index (χ2v) is 3.81. The molecule has 2 heteroatoms. The van der Waals surface area contributed by atoms with E-state index in [0.717, 1.165) is 6.42 Å². The molecule has 1 aliphatic rings. The van der Waals surface area contributed by atoms with Gasteiger partial charge in [0.15, 0.2) is 0 Å². The van der Waals surface area contributed by atoms with E-state index < -0.39 is 0 Å². The molecule has 68 valence electrons. The molecule has 0 aromatic carbocycles. The van der Waals surface area contributed by atoms with Gasteiger partial charge in [0.25, 0.3) is 0 Å². The van der Waals surface area contributed by atoms with Crippen LogP contribution in [0.3, 0.4) is 0 Å². The van der Waals surface area contributed by atoms with Gasteiger partial charge < -0.3 is 0 Å². The van der Waals surface area contributed by atoms with Crippen LogP contribution >= 0.6 is 0 Å². The normalized spacial score (nSPS) is 22.8. The Bertz CT molecular complexity index is 180. The summed E-state index contributed by atoms with van der Waals surface area (Å²) in [5.74, 6) is 1.11. The predicted octanol–water partition coefficient (Wildman–Crippen LogP) is 1.97. The van der Waals surface area contributed by atoms with Gasteiger partial charge in [-0.25, -0.2) is 0 Å². The monoisotopic (exact) mass is 168 g/mol. The van der Waals surface area contributed by atoms with Crippen molar-refractivity contribution < 1.29 is 9.59 Å². The zero-order valence-corrected chi connectivity index (χ0v) is 7.80. The Kier molecular flexibility index (Phi) is 3.01. The van der Waals surface area contributed by atoms with E-state index in [1.807, 2.05) is 0 Å². The number of hydrogen-bond acceptors (Lipinski definition) is 2. The number of Topliss-reactive ketones (excluding diaryl/α,β-unsaturated/α-hetero) is 2. The molecule has 0 unspecified atom stereocenters. The van der Waals surface area contributed by atoms with Gasteiger partial charge in [0.2, 0.25) is 0 Å². The highest BCUT2D eigenvalue weighted by molar-refractivity contribution is 6.01. The van der Waals surface area contributed by atoms with Crippen molar-refractivity contribution in [3.05, 3.63) is 0 Å². The summed E-state index contributed by atoms with van der Waals surface area (Å²) < 4.78 is 0. The molecule has 0 amide bonds. The number of carbonyl (C=O) groups excluding carboxylic acids is 2. The second kappa shape index (κ2) is 3.83. The Morgan fingerprint density at radius 1 is 1.33 bits per heavy atom. The van der Waals surface area contributed by atoms with Gasteiger partial charge in [-0.2, -0.15) is 0 Å². The van der Waals surface area contributed by atoms with Crippen molar-refractivity contribution in [2.45, 2.75) is 39.5 Å². The largest absolute Gasteiger partial charge is 0.299 e. The second-order valence-electron chi connectivity index (χ2n) is 3.81. The van der Waals surface area contributed by atoms with Crippen molar-refractivity contribution in [2.24, 2.45) is 11.8 Å². The highest BCUT2D eigenvalue weighted by Gasteiger charge is 2.28. The van der Waals surface area contributed by atoms with Crippen LogP contribution in [0.1, 0.15) is 39.5 Å². The number of carbonyl (C=O) groups is 2. The molecule has 1 rings (SSSR count). The summed E-state index contributed by atoms with van der Waals surface area (Å²) in [5, 5.41) is 0. The van der Waals surface area contributed by atoms with Crippen LogP contribution in [0.25, 0.3) is 0 Å². The van der Waals surface area contributed by atoms with E-state index in [-0.39, 0.29) is 18.0 Å². The lowest BCUT2D eigenvalue weighted by atomic mass is 9.79. The average molecular weight is 168 g/mol. The van der Waals surface area contributed by atoms with Crippen molar-refractivity contribution in [3.8, 4) is 0 Å². The van der Waals surface area contributed by atoms with Gasteiger partial charge in [-0.15, -0.1) is 0 Å². The van der Waals surface area contributed by atoms with Gasteiger partial charge in [0.1, 0.15) is 11.6 Å². The van der Waals surface area contributed by atoms with Crippen LogP contribution in [0, 0.1) is 11.8 Å². The molecular weight excluding hydrogens is 152 g/mol. The Balaban J connectivity index is 2.55. The van der Waals surface area contributed by atoms with E-state index >= 15 is 0 Å². The minimum absolute atomic E-state index is 0.136. The Morgan fingerprint density at radius 2 is 1.83 bits per heavy atom. The van der Waals surface area contributed by atoms with E-state index in [0.29, 0.717) is 24.7 Å². The van der Waals surface area contributed by atoms with Crippen molar-refractivity contribution >= 4 is 11.6 Å². The van der Waals surface area contributed by atoms with E-state index in [9.17, 15) is 9.59 Å². The Morgan fingerprint density at radius 3 is 2.25 bits per heavy atom. The lowest BCUT2D eigenvalue weighted by Crippen LogP contribution is -2.26. The summed E-state index contributed by atoms with van der Waals surface area (Å²) in [6, 6.07) is 0. The van der Waals surface area contributed by atoms with Crippen molar-refractivity contribution in [1.29, 1.82) is 0 Å². The van der Waals surface area contributed by atoms with Crippen LogP contribution in [0.4, 0.5) is 0 Å². The van der Waals surface area contributed by atoms with E-state index in [4.69, 9.17) is 0 Å². The third-order valence-corrected chi connectivity index (χ3v) is 2.82. The molecule has 0 bridgehead atoms. The van der Waals surface area contributed by atoms with Crippen LogP contribution in [-0.2, 0) is 9.59 Å². The van der Waals surface area contributed by atoms with Crippen LogP contribution < -0.4 is 0 Å². The zero-order chi connectivity index (χ0) is 9.14. The molecule has 12 heavy (non-hydrogen) atoms. The molecular formula is C10H16O2. The molecule has 1 fully saturated rings. The summed E-state index contributed by atoms with van der Waals surface area (Å²) in [4.78, 5) is 22.2. The van der Waals surface area contributed by atoms with Gasteiger partial charge in [0, 0.05) is 12.8 Å². The lowest BCUT2D eigenvalue weighted by Gasteiger charge is -2.24. The molecule has 0 N–H and O–H groups in total. The maximum absolute atomic E-state index is 11.1. The highest BCUT2D eigenvalue weighted by Crippen LogP contribution is 2.27. The van der Waals surface area contributed by atoms with Gasteiger partial charge in [0.05, 0.1) is 6.42 Å². The average Bonchev–Trinajstić information content (AvgIpc) is 2.01. The topological polar surface area (TPSA) is 34.1 Å². The molecule has 0 heterocycles. The van der Waals surface area contributed by atoms with Crippen molar-refractivity contribution in [1.82, 2.24) is 0 Å². The first kappa shape index (κ1) is 9.43. The molecule has 1 atom stereocenters. The van der Waals surface area contributed by atoms with Gasteiger partial charge in [-0.3, -0.25) is 9.59 Å². The summed E-state index contributed by atoms with van der Waals surface area (Å²) in [6.07, 6.45) is 2.50. The predicted molar refractivity (Wildman–Crippen MR) is 46.8 cm³/mol. The third-order valence-electron chi connectivity index (χ3n) is 2.82. The standard InChI is InChI=1S/C10H16O2/c1-3-7(2)8-4-9(11)6-10(12)5-8/h7-8H,3-6H2,1-2H3/t7-/m1/s1. The maximum Gasteiger partial charge on any atom is 0.140 e. The minimum atomic E-state index is 0.136. The Labute approximate surface area is 73.3 Å². The molecule has 2 nitrogen and oxygen atoms in total. The fourth-order valence-electron chi connectivity index (χ4n) is 1.76. The van der Waals surface area contributed by atoms with Crippen molar-refractivity contribution in [2.75, 3.05) is 0 Å². The van der Waals surface area contributed by atoms with Gasteiger partial charge in [-0.05, 0) is 11.8 Å². The van der Waals surface area contributed by atoms with E-state index in [1.54, 1.807) is 0 Å². The Hall–Kier alpha value is -0.660. The first-order valence-electron chi connectivity index (χ1n) is 4.66. The van der Waals surface area contributed by atoms with Crippen LogP contribution in [-0.4, -0.2) is 11.6 Å². The fraction of sp³-hybridized carbons (Fsp3) is 0.800. The minimum Gasteiger partial charge on any atom is -0.299 e. The van der Waals surface area contributed by atoms with E-state index in [2.05, 4.69) is 13.8 Å². The first-order chi connectivity index (χ1) is 5.63. The van der Waals surface area contributed by atoms with Crippen LogP contribution in [0.15, 0.2) is 0 Å². The molecule has 0 radical (unpaired) electrons. The number of rotatable bonds is 2. The third kappa shape index (κ3) is 2.16. The van der Waals surface area contributed by atoms with Crippen LogP contribution in [0.2, 0.25) is 0 Å². The molecule has 0 aromatic heterocycles. The van der Waals surface area contributed by atoms with E-state index in [1.165, 1.54) is 0 Å². The summed E-state index contributed by atoms with van der Waals surface area (Å²) in [5.41, 5.74) is 0. The maximum atomic E-state index is 11.1. The molecule has 1 saturated carbocycles. The van der Waals surface area contributed by atoms with Gasteiger partial charge in [-0.1, -0.05) is 20.3 Å². The summed E-state index contributed by atoms with van der Waals surface area (Å²) >= 11 is 0.